The molecule has 0 aliphatic rings. The van der Waals surface area contributed by atoms with Gasteiger partial charge in [-0.3, -0.25) is 9.13 Å². The lowest BCUT2D eigenvalue weighted by molar-refractivity contribution is 0.281. The molecule has 0 fully saturated rings. The number of hydrogen-bond donors (Lipinski definition) is 1. The molecule has 1 aromatic heterocycles. The molecule has 1 heterocycles. The highest BCUT2D eigenvalue weighted by atomic mass is 16.2. The Bertz CT molecular complexity index is 328. The highest BCUT2D eigenvalue weighted by Crippen LogP contribution is 1.97. The first-order chi connectivity index (χ1) is 7.29. The molecule has 1 aromatic rings. The second-order valence-corrected chi connectivity index (χ2v) is 3.75. The van der Waals surface area contributed by atoms with Crippen molar-refractivity contribution in [3.63, 3.8) is 0 Å². The molecule has 0 saturated heterocycles. The molecule has 0 saturated carbocycles. The predicted octanol–water partition coefficient (Wildman–Crippen LogP) is 1.22. The summed E-state index contributed by atoms with van der Waals surface area (Å²) in [6, 6.07) is 0. The average molecular weight is 212 g/mol. The van der Waals surface area contributed by atoms with E-state index in [1.54, 1.807) is 9.13 Å². The standard InChI is InChI=1S/C11H20N2O2/c1-2-6-12-8-9-13(11(12)15)7-4-3-5-10-14/h8-9,14H,2-7,10H2,1H3. The topological polar surface area (TPSA) is 47.2 Å². The van der Waals surface area contributed by atoms with E-state index in [2.05, 4.69) is 6.92 Å². The van der Waals surface area contributed by atoms with Crippen molar-refractivity contribution in [2.24, 2.45) is 0 Å². The van der Waals surface area contributed by atoms with Crippen molar-refractivity contribution in [2.75, 3.05) is 6.61 Å². The Morgan fingerprint density at radius 1 is 1.13 bits per heavy atom. The molecular weight excluding hydrogens is 192 g/mol. The second kappa shape index (κ2) is 6.45. The van der Waals surface area contributed by atoms with Gasteiger partial charge in [0.25, 0.3) is 0 Å². The second-order valence-electron chi connectivity index (χ2n) is 3.75. The van der Waals surface area contributed by atoms with Crippen LogP contribution in [-0.4, -0.2) is 20.8 Å². The Hall–Kier alpha value is -1.03. The van der Waals surface area contributed by atoms with Crippen LogP contribution in [0.15, 0.2) is 17.2 Å². The molecule has 0 spiro atoms. The van der Waals surface area contributed by atoms with Crippen LogP contribution >= 0.6 is 0 Å². The first kappa shape index (κ1) is 12.0. The molecule has 4 nitrogen and oxygen atoms in total. The number of imidazole rings is 1. The number of hydrogen-bond acceptors (Lipinski definition) is 2. The van der Waals surface area contributed by atoms with E-state index in [9.17, 15) is 4.79 Å². The SMILES string of the molecule is CCCn1ccn(CCCCCO)c1=O. The molecule has 1 rings (SSSR count). The molecule has 0 aromatic carbocycles. The smallest absolute Gasteiger partial charge is 0.328 e. The van der Waals surface area contributed by atoms with Gasteiger partial charge < -0.3 is 5.11 Å². The summed E-state index contributed by atoms with van der Waals surface area (Å²) < 4.78 is 3.49. The average Bonchev–Trinajstić information content (AvgIpc) is 2.57. The van der Waals surface area contributed by atoms with Crippen molar-refractivity contribution < 1.29 is 5.11 Å². The lowest BCUT2D eigenvalue weighted by Gasteiger charge is -2.01. The van der Waals surface area contributed by atoms with Gasteiger partial charge in [0.05, 0.1) is 0 Å². The van der Waals surface area contributed by atoms with Crippen molar-refractivity contribution in [1.29, 1.82) is 0 Å². The van der Waals surface area contributed by atoms with Gasteiger partial charge in [-0.05, 0) is 25.7 Å². The van der Waals surface area contributed by atoms with Crippen LogP contribution < -0.4 is 5.69 Å². The fourth-order valence-electron chi connectivity index (χ4n) is 1.61. The van der Waals surface area contributed by atoms with Gasteiger partial charge in [-0.25, -0.2) is 4.79 Å². The van der Waals surface area contributed by atoms with E-state index in [4.69, 9.17) is 5.11 Å². The van der Waals surface area contributed by atoms with E-state index in [-0.39, 0.29) is 12.3 Å². The number of aliphatic hydroxyl groups is 1. The number of unbranched alkanes of at least 4 members (excludes halogenated alkanes) is 2. The summed E-state index contributed by atoms with van der Waals surface area (Å²) in [7, 11) is 0. The molecule has 0 atom stereocenters. The zero-order valence-electron chi connectivity index (χ0n) is 9.35. The molecule has 15 heavy (non-hydrogen) atoms. The monoisotopic (exact) mass is 212 g/mol. The van der Waals surface area contributed by atoms with E-state index in [1.165, 1.54) is 0 Å². The summed E-state index contributed by atoms with van der Waals surface area (Å²) in [6.07, 6.45) is 7.42. The minimum atomic E-state index is 0.0841. The van der Waals surface area contributed by atoms with Gasteiger partial charge in [-0.2, -0.15) is 0 Å². The summed E-state index contributed by atoms with van der Waals surface area (Å²) in [5.74, 6) is 0. The fraction of sp³-hybridized carbons (Fsp3) is 0.727. The van der Waals surface area contributed by atoms with E-state index >= 15 is 0 Å². The maximum atomic E-state index is 11.7. The van der Waals surface area contributed by atoms with Gasteiger partial charge in [0.1, 0.15) is 0 Å². The Kier molecular flexibility index (Phi) is 5.18. The van der Waals surface area contributed by atoms with Crippen LogP contribution in [0.3, 0.4) is 0 Å². The van der Waals surface area contributed by atoms with Crippen molar-refractivity contribution in [2.45, 2.75) is 45.7 Å². The van der Waals surface area contributed by atoms with E-state index in [0.717, 1.165) is 38.8 Å². The molecule has 1 N–H and O–H groups in total. The van der Waals surface area contributed by atoms with Crippen molar-refractivity contribution in [3.8, 4) is 0 Å². The van der Waals surface area contributed by atoms with E-state index < -0.39 is 0 Å². The Labute approximate surface area is 90.2 Å². The van der Waals surface area contributed by atoms with E-state index in [1.807, 2.05) is 12.4 Å². The predicted molar refractivity (Wildman–Crippen MR) is 59.9 cm³/mol. The molecule has 0 radical (unpaired) electrons. The minimum Gasteiger partial charge on any atom is -0.396 e. The Balaban J connectivity index is 2.44. The first-order valence-corrected chi connectivity index (χ1v) is 5.66. The zero-order valence-corrected chi connectivity index (χ0v) is 9.35. The third-order valence-electron chi connectivity index (χ3n) is 2.44. The number of aliphatic hydroxyl groups excluding tert-OH is 1. The molecule has 0 amide bonds. The van der Waals surface area contributed by atoms with Crippen LogP contribution in [0.4, 0.5) is 0 Å². The lowest BCUT2D eigenvalue weighted by atomic mass is 10.2. The van der Waals surface area contributed by atoms with Crippen LogP contribution in [0.25, 0.3) is 0 Å². The van der Waals surface area contributed by atoms with Gasteiger partial charge in [-0.15, -0.1) is 0 Å². The normalized spacial score (nSPS) is 10.8. The molecule has 0 unspecified atom stereocenters. The fourth-order valence-corrected chi connectivity index (χ4v) is 1.61. The van der Waals surface area contributed by atoms with Gasteiger partial charge in [0.2, 0.25) is 0 Å². The number of rotatable bonds is 7. The van der Waals surface area contributed by atoms with Gasteiger partial charge in [0, 0.05) is 32.1 Å². The summed E-state index contributed by atoms with van der Waals surface area (Å²) in [5, 5.41) is 8.62. The molecular formula is C11H20N2O2. The maximum absolute atomic E-state index is 11.7. The highest BCUT2D eigenvalue weighted by molar-refractivity contribution is 4.81. The Morgan fingerprint density at radius 3 is 2.40 bits per heavy atom. The largest absolute Gasteiger partial charge is 0.396 e. The zero-order chi connectivity index (χ0) is 11.1. The van der Waals surface area contributed by atoms with Crippen molar-refractivity contribution >= 4 is 0 Å². The molecule has 4 heteroatoms. The third kappa shape index (κ3) is 3.55. The van der Waals surface area contributed by atoms with Gasteiger partial charge in [0.15, 0.2) is 0 Å². The molecule has 0 bridgehead atoms. The summed E-state index contributed by atoms with van der Waals surface area (Å²) in [5.41, 5.74) is 0.0841. The lowest BCUT2D eigenvalue weighted by Crippen LogP contribution is -2.24. The maximum Gasteiger partial charge on any atom is 0.328 e. The van der Waals surface area contributed by atoms with Crippen molar-refractivity contribution in [1.82, 2.24) is 9.13 Å². The van der Waals surface area contributed by atoms with Crippen LogP contribution in [0, 0.1) is 0 Å². The number of aromatic nitrogens is 2. The van der Waals surface area contributed by atoms with Gasteiger partial charge in [-0.1, -0.05) is 6.92 Å². The van der Waals surface area contributed by atoms with Crippen LogP contribution in [0.5, 0.6) is 0 Å². The quantitative estimate of drug-likeness (QED) is 0.691. The Morgan fingerprint density at radius 2 is 1.80 bits per heavy atom. The third-order valence-corrected chi connectivity index (χ3v) is 2.44. The summed E-state index contributed by atoms with van der Waals surface area (Å²) >= 11 is 0. The summed E-state index contributed by atoms with van der Waals surface area (Å²) in [4.78, 5) is 11.7. The molecule has 0 aliphatic heterocycles. The summed E-state index contributed by atoms with van der Waals surface area (Å²) in [6.45, 7) is 3.86. The van der Waals surface area contributed by atoms with Crippen LogP contribution in [0.2, 0.25) is 0 Å². The minimum absolute atomic E-state index is 0.0841. The van der Waals surface area contributed by atoms with Crippen LogP contribution in [-0.2, 0) is 13.1 Å². The number of aryl methyl sites for hydroxylation is 2. The van der Waals surface area contributed by atoms with Gasteiger partial charge >= 0.3 is 5.69 Å². The highest BCUT2D eigenvalue weighted by Gasteiger charge is 2.01. The van der Waals surface area contributed by atoms with E-state index in [0.29, 0.717) is 0 Å². The molecule has 0 aliphatic carbocycles. The number of nitrogens with zero attached hydrogens (tertiary/aromatic N) is 2. The van der Waals surface area contributed by atoms with Crippen molar-refractivity contribution in [3.05, 3.63) is 22.9 Å². The van der Waals surface area contributed by atoms with Crippen LogP contribution in [0.1, 0.15) is 32.6 Å². The first-order valence-electron chi connectivity index (χ1n) is 5.66. The molecule has 86 valence electrons.